The summed E-state index contributed by atoms with van der Waals surface area (Å²) in [6, 6.07) is 19.5. The molecule has 0 atom stereocenters. The van der Waals surface area contributed by atoms with E-state index in [2.05, 4.69) is 9.87 Å². The summed E-state index contributed by atoms with van der Waals surface area (Å²) < 4.78 is 7.87. The maximum atomic E-state index is 13.1. The van der Waals surface area contributed by atoms with E-state index in [-0.39, 0.29) is 24.7 Å². The highest BCUT2D eigenvalue weighted by Gasteiger charge is 2.30. The fourth-order valence-electron chi connectivity index (χ4n) is 3.90. The molecule has 0 radical (unpaired) electrons. The minimum absolute atomic E-state index is 0.102. The summed E-state index contributed by atoms with van der Waals surface area (Å²) in [5, 5.41) is 0.783. The van der Waals surface area contributed by atoms with Gasteiger partial charge in [0.1, 0.15) is 18.9 Å². The van der Waals surface area contributed by atoms with Gasteiger partial charge < -0.3 is 15.0 Å². The minimum Gasteiger partial charge on any atom is -0.474 e. The average Bonchev–Trinajstić information content (AvgIpc) is 3.20. The van der Waals surface area contributed by atoms with Crippen LogP contribution in [0.5, 0.6) is 5.88 Å². The van der Waals surface area contributed by atoms with Crippen LogP contribution in [0.2, 0.25) is 0 Å². The van der Waals surface area contributed by atoms with Gasteiger partial charge in [-0.15, -0.1) is 0 Å². The number of fused-ring (bicyclic) bond motifs is 1. The number of benzene rings is 2. The van der Waals surface area contributed by atoms with E-state index >= 15 is 0 Å². The lowest BCUT2D eigenvalue weighted by Gasteiger charge is -2.11. The summed E-state index contributed by atoms with van der Waals surface area (Å²) in [6.45, 7) is 2.58. The van der Waals surface area contributed by atoms with Crippen molar-refractivity contribution in [3.8, 4) is 5.88 Å². The zero-order valence-electron chi connectivity index (χ0n) is 20.0. The highest BCUT2D eigenvalue weighted by Crippen LogP contribution is 2.36. The molecule has 36 heavy (non-hydrogen) atoms. The lowest BCUT2D eigenvalue weighted by molar-refractivity contribution is -0.275. The van der Waals surface area contributed by atoms with Crippen LogP contribution in [0, 0.1) is 0 Å². The molecule has 2 N–H and O–H groups in total. The second-order valence-electron chi connectivity index (χ2n) is 7.70. The molecule has 0 unspecified atom stereocenters. The SMILES string of the molecule is CCc1c(C(=O)C(N)=O)c2c(OCCOOC)nc(Sc3ccccc3)nc2n1Cc1ccccc1. The van der Waals surface area contributed by atoms with Crippen molar-refractivity contribution in [3.63, 3.8) is 0 Å². The van der Waals surface area contributed by atoms with Crippen LogP contribution in [0.15, 0.2) is 70.7 Å². The lowest BCUT2D eigenvalue weighted by atomic mass is 10.1. The highest BCUT2D eigenvalue weighted by atomic mass is 32.2. The van der Waals surface area contributed by atoms with E-state index in [0.29, 0.717) is 34.8 Å². The molecule has 2 aromatic carbocycles. The lowest BCUT2D eigenvalue weighted by Crippen LogP contribution is -2.24. The number of ketones is 1. The van der Waals surface area contributed by atoms with Gasteiger partial charge in [0.2, 0.25) is 5.88 Å². The van der Waals surface area contributed by atoms with Gasteiger partial charge in [-0.1, -0.05) is 55.5 Å². The van der Waals surface area contributed by atoms with Gasteiger partial charge >= 0.3 is 0 Å². The number of aromatic nitrogens is 3. The summed E-state index contributed by atoms with van der Waals surface area (Å²) in [5.41, 5.74) is 7.73. The number of nitrogens with zero attached hydrogens (tertiary/aromatic N) is 3. The molecular formula is C26H26N4O5S. The fourth-order valence-corrected chi connectivity index (χ4v) is 4.67. The van der Waals surface area contributed by atoms with Gasteiger partial charge in [-0.25, -0.2) is 14.8 Å². The molecule has 0 aliphatic heterocycles. The summed E-state index contributed by atoms with van der Waals surface area (Å²) in [4.78, 5) is 45.0. The predicted molar refractivity (Wildman–Crippen MR) is 135 cm³/mol. The van der Waals surface area contributed by atoms with E-state index < -0.39 is 11.7 Å². The average molecular weight is 507 g/mol. The van der Waals surface area contributed by atoms with Gasteiger partial charge in [0, 0.05) is 17.1 Å². The zero-order chi connectivity index (χ0) is 25.5. The van der Waals surface area contributed by atoms with Crippen LogP contribution in [-0.4, -0.2) is 46.5 Å². The number of hydrogen-bond acceptors (Lipinski definition) is 8. The first-order chi connectivity index (χ1) is 17.5. The topological polar surface area (TPSA) is 119 Å². The van der Waals surface area contributed by atoms with Crippen molar-refractivity contribution in [2.24, 2.45) is 5.73 Å². The van der Waals surface area contributed by atoms with Crippen molar-refractivity contribution in [1.29, 1.82) is 0 Å². The Bertz CT molecular complexity index is 1360. The van der Waals surface area contributed by atoms with Crippen LogP contribution in [0.1, 0.15) is 28.5 Å². The molecular weight excluding hydrogens is 480 g/mol. The third-order valence-electron chi connectivity index (χ3n) is 5.40. The molecule has 186 valence electrons. The molecule has 2 heterocycles. The molecule has 0 bridgehead atoms. The number of hydrogen-bond donors (Lipinski definition) is 1. The molecule has 0 aliphatic rings. The Kier molecular flexibility index (Phi) is 8.32. The number of amides is 1. The third-order valence-corrected chi connectivity index (χ3v) is 6.27. The number of carbonyl (C=O) groups excluding carboxylic acids is 2. The van der Waals surface area contributed by atoms with Crippen LogP contribution >= 0.6 is 11.8 Å². The molecule has 4 aromatic rings. The number of nitrogens with two attached hydrogens (primary N) is 1. The van der Waals surface area contributed by atoms with Crippen molar-refractivity contribution in [2.75, 3.05) is 20.3 Å². The van der Waals surface area contributed by atoms with E-state index in [1.54, 1.807) is 0 Å². The summed E-state index contributed by atoms with van der Waals surface area (Å²) in [6.07, 6.45) is 0.463. The molecule has 9 nitrogen and oxygen atoms in total. The molecule has 0 saturated carbocycles. The highest BCUT2D eigenvalue weighted by molar-refractivity contribution is 7.99. The second kappa shape index (κ2) is 11.8. The van der Waals surface area contributed by atoms with Gasteiger partial charge in [0.15, 0.2) is 5.16 Å². The van der Waals surface area contributed by atoms with Crippen molar-refractivity contribution in [2.45, 2.75) is 29.9 Å². The monoisotopic (exact) mass is 506 g/mol. The van der Waals surface area contributed by atoms with E-state index in [4.69, 9.17) is 20.3 Å². The van der Waals surface area contributed by atoms with Gasteiger partial charge in [0.25, 0.3) is 11.7 Å². The Balaban J connectivity index is 1.94. The molecule has 0 fully saturated rings. The van der Waals surface area contributed by atoms with Crippen LogP contribution in [0.25, 0.3) is 11.0 Å². The Labute approximate surface area is 212 Å². The number of Topliss-reactive ketones (excluding diaryl/α,β-unsaturated/α-hetero) is 1. The first-order valence-corrected chi connectivity index (χ1v) is 12.2. The Morgan fingerprint density at radius 1 is 1.00 bits per heavy atom. The first-order valence-electron chi connectivity index (χ1n) is 11.4. The molecule has 1 amide bonds. The number of ether oxygens (including phenoxy) is 1. The standard InChI is InChI=1S/C26H26N4O5S/c1-3-19-20(22(31)23(27)32)21-24(30(19)16-17-10-6-4-7-11-17)28-26(36-18-12-8-5-9-13-18)29-25(21)34-14-15-35-33-2/h4-13H,3,14-16H2,1-2H3,(H2,27,32). The van der Waals surface area contributed by atoms with Gasteiger partial charge in [0.05, 0.1) is 18.1 Å². The quantitative estimate of drug-likeness (QED) is 0.0769. The van der Waals surface area contributed by atoms with E-state index in [1.807, 2.05) is 72.2 Å². The zero-order valence-corrected chi connectivity index (χ0v) is 20.8. The fraction of sp³-hybridized carbons (Fsp3) is 0.231. The normalized spacial score (nSPS) is 11.1. The summed E-state index contributed by atoms with van der Waals surface area (Å²) >= 11 is 1.36. The maximum absolute atomic E-state index is 13.1. The molecule has 4 rings (SSSR count). The van der Waals surface area contributed by atoms with Gasteiger partial charge in [-0.2, -0.15) is 4.98 Å². The van der Waals surface area contributed by atoms with E-state index in [0.717, 1.165) is 10.5 Å². The van der Waals surface area contributed by atoms with Crippen LogP contribution in [0.4, 0.5) is 0 Å². The van der Waals surface area contributed by atoms with Gasteiger partial charge in [-0.3, -0.25) is 9.59 Å². The number of rotatable bonds is 12. The molecule has 2 aromatic heterocycles. The van der Waals surface area contributed by atoms with Gasteiger partial charge in [-0.05, 0) is 35.9 Å². The van der Waals surface area contributed by atoms with Crippen LogP contribution in [0.3, 0.4) is 0 Å². The Hall–Kier alpha value is -3.73. The minimum atomic E-state index is -1.06. The van der Waals surface area contributed by atoms with E-state index in [1.165, 1.54) is 18.9 Å². The number of primary amides is 1. The molecule has 0 spiro atoms. The Morgan fingerprint density at radius 2 is 1.69 bits per heavy atom. The molecule has 0 aliphatic carbocycles. The smallest absolute Gasteiger partial charge is 0.289 e. The van der Waals surface area contributed by atoms with Crippen molar-refractivity contribution in [1.82, 2.24) is 14.5 Å². The van der Waals surface area contributed by atoms with Crippen LogP contribution < -0.4 is 10.5 Å². The largest absolute Gasteiger partial charge is 0.474 e. The second-order valence-corrected chi connectivity index (χ2v) is 8.74. The Morgan fingerprint density at radius 3 is 2.33 bits per heavy atom. The summed E-state index contributed by atoms with van der Waals surface area (Å²) in [5.74, 6) is -1.70. The van der Waals surface area contributed by atoms with E-state index in [9.17, 15) is 9.59 Å². The van der Waals surface area contributed by atoms with Crippen LogP contribution in [-0.2, 0) is 27.5 Å². The predicted octanol–water partition coefficient (Wildman–Crippen LogP) is 3.82. The van der Waals surface area contributed by atoms with Crippen molar-refractivity contribution < 1.29 is 24.1 Å². The van der Waals surface area contributed by atoms with Crippen molar-refractivity contribution in [3.05, 3.63) is 77.5 Å². The van der Waals surface area contributed by atoms with Crippen molar-refractivity contribution >= 4 is 34.5 Å². The molecule has 0 saturated heterocycles. The summed E-state index contributed by atoms with van der Waals surface area (Å²) in [7, 11) is 1.40. The third kappa shape index (κ3) is 5.56. The number of carbonyl (C=O) groups is 2. The maximum Gasteiger partial charge on any atom is 0.289 e. The molecule has 10 heteroatoms. The first kappa shape index (κ1) is 25.4.